The van der Waals surface area contributed by atoms with Gasteiger partial charge < -0.3 is 14.8 Å². The van der Waals surface area contributed by atoms with Gasteiger partial charge in [-0.15, -0.1) is 10.2 Å². The molecule has 21 heavy (non-hydrogen) atoms. The van der Waals surface area contributed by atoms with Crippen molar-refractivity contribution in [2.24, 2.45) is 7.05 Å². The number of aromatic nitrogens is 3. The van der Waals surface area contributed by atoms with Crippen LogP contribution in [0.3, 0.4) is 0 Å². The zero-order chi connectivity index (χ0) is 15.2. The van der Waals surface area contributed by atoms with Gasteiger partial charge in [-0.3, -0.25) is 0 Å². The molecule has 2 atom stereocenters. The SMILES string of the molecule is CCS[C@H]1CCCCN(C(=O)N[C@@H](C)c2nncn2C)C1. The average molecular weight is 311 g/mol. The molecule has 1 N–H and O–H groups in total. The van der Waals surface area contributed by atoms with Crippen molar-refractivity contribution in [2.75, 3.05) is 18.8 Å². The third-order valence-electron chi connectivity index (χ3n) is 3.79. The average Bonchev–Trinajstić information content (AvgIpc) is 2.73. The molecule has 2 heterocycles. The fourth-order valence-electron chi connectivity index (χ4n) is 2.68. The van der Waals surface area contributed by atoms with Crippen LogP contribution < -0.4 is 5.32 Å². The molecule has 0 spiro atoms. The highest BCUT2D eigenvalue weighted by Gasteiger charge is 2.24. The first-order chi connectivity index (χ1) is 10.1. The molecule has 2 amide bonds. The number of carbonyl (C=O) groups is 1. The molecule has 118 valence electrons. The van der Waals surface area contributed by atoms with E-state index in [1.54, 1.807) is 6.33 Å². The maximum Gasteiger partial charge on any atom is 0.318 e. The standard InChI is InChI=1S/C14H25N5OS/c1-4-21-12-7-5-6-8-19(9-12)14(20)16-11(2)13-17-15-10-18(13)3/h10-12H,4-9H2,1-3H3,(H,16,20)/t11-,12-/m0/s1. The lowest BCUT2D eigenvalue weighted by Gasteiger charge is -2.26. The molecule has 0 aromatic carbocycles. The van der Waals surface area contributed by atoms with Crippen molar-refractivity contribution >= 4 is 17.8 Å². The maximum atomic E-state index is 12.5. The van der Waals surface area contributed by atoms with Gasteiger partial charge in [0.2, 0.25) is 0 Å². The molecule has 1 aliphatic rings. The van der Waals surface area contributed by atoms with Crippen LogP contribution in [0.4, 0.5) is 4.79 Å². The Morgan fingerprint density at radius 3 is 3.05 bits per heavy atom. The van der Waals surface area contributed by atoms with Crippen LogP contribution in [0.1, 0.15) is 45.0 Å². The van der Waals surface area contributed by atoms with E-state index in [2.05, 4.69) is 22.4 Å². The Labute approximate surface area is 130 Å². The highest BCUT2D eigenvalue weighted by atomic mass is 32.2. The highest BCUT2D eigenvalue weighted by molar-refractivity contribution is 7.99. The van der Waals surface area contributed by atoms with Crippen molar-refractivity contribution in [3.05, 3.63) is 12.2 Å². The molecule has 1 saturated heterocycles. The number of amides is 2. The van der Waals surface area contributed by atoms with E-state index in [1.165, 1.54) is 12.8 Å². The van der Waals surface area contributed by atoms with E-state index < -0.39 is 0 Å². The molecule has 0 saturated carbocycles. The first-order valence-corrected chi connectivity index (χ1v) is 8.67. The third-order valence-corrected chi connectivity index (χ3v) is 4.98. The van der Waals surface area contributed by atoms with Gasteiger partial charge in [0.05, 0.1) is 6.04 Å². The smallest absolute Gasteiger partial charge is 0.318 e. The van der Waals surface area contributed by atoms with Crippen LogP contribution >= 0.6 is 11.8 Å². The molecule has 1 aliphatic heterocycles. The van der Waals surface area contributed by atoms with Gasteiger partial charge in [-0.05, 0) is 25.5 Å². The first-order valence-electron chi connectivity index (χ1n) is 7.62. The molecule has 7 heteroatoms. The number of urea groups is 1. The van der Waals surface area contributed by atoms with E-state index in [-0.39, 0.29) is 12.1 Å². The minimum absolute atomic E-state index is 0.00843. The molecular formula is C14H25N5OS. The second-order valence-electron chi connectivity index (χ2n) is 5.49. The minimum Gasteiger partial charge on any atom is -0.328 e. The Bertz CT molecular complexity index is 464. The van der Waals surface area contributed by atoms with Gasteiger partial charge in [0.15, 0.2) is 5.82 Å². The Kier molecular flexibility index (Phi) is 5.90. The van der Waals surface area contributed by atoms with E-state index >= 15 is 0 Å². The zero-order valence-electron chi connectivity index (χ0n) is 13.1. The van der Waals surface area contributed by atoms with Crippen molar-refractivity contribution in [1.82, 2.24) is 25.0 Å². The number of carbonyl (C=O) groups excluding carboxylic acids is 1. The summed E-state index contributed by atoms with van der Waals surface area (Å²) in [6, 6.07) is -0.125. The van der Waals surface area contributed by atoms with Gasteiger partial charge in [-0.1, -0.05) is 13.3 Å². The lowest BCUT2D eigenvalue weighted by molar-refractivity contribution is 0.196. The fraction of sp³-hybridized carbons (Fsp3) is 0.786. The van der Waals surface area contributed by atoms with Crippen molar-refractivity contribution in [1.29, 1.82) is 0 Å². The van der Waals surface area contributed by atoms with Gasteiger partial charge in [0.25, 0.3) is 0 Å². The number of thioether (sulfide) groups is 1. The van der Waals surface area contributed by atoms with Crippen LogP contribution in [-0.2, 0) is 7.05 Å². The number of aryl methyl sites for hydroxylation is 1. The number of nitrogens with zero attached hydrogens (tertiary/aromatic N) is 4. The van der Waals surface area contributed by atoms with Gasteiger partial charge in [-0.25, -0.2) is 4.79 Å². The molecule has 6 nitrogen and oxygen atoms in total. The number of nitrogens with one attached hydrogen (secondary N) is 1. The Balaban J connectivity index is 1.93. The van der Waals surface area contributed by atoms with Crippen molar-refractivity contribution < 1.29 is 4.79 Å². The molecule has 0 unspecified atom stereocenters. The molecule has 1 fully saturated rings. The van der Waals surface area contributed by atoms with E-state index in [4.69, 9.17) is 0 Å². The Hall–Kier alpha value is -1.24. The molecule has 0 bridgehead atoms. The maximum absolute atomic E-state index is 12.5. The molecule has 0 aliphatic carbocycles. The van der Waals surface area contributed by atoms with Crippen LogP contribution in [0.25, 0.3) is 0 Å². The molecule has 1 aromatic heterocycles. The Morgan fingerprint density at radius 1 is 1.57 bits per heavy atom. The fourth-order valence-corrected chi connectivity index (χ4v) is 3.77. The van der Waals surface area contributed by atoms with Crippen LogP contribution in [0, 0.1) is 0 Å². The number of hydrogen-bond donors (Lipinski definition) is 1. The zero-order valence-corrected chi connectivity index (χ0v) is 13.9. The largest absolute Gasteiger partial charge is 0.328 e. The van der Waals surface area contributed by atoms with E-state index in [1.807, 2.05) is 35.2 Å². The van der Waals surface area contributed by atoms with Crippen LogP contribution in [0.2, 0.25) is 0 Å². The van der Waals surface area contributed by atoms with Gasteiger partial charge in [-0.2, -0.15) is 11.8 Å². The second-order valence-corrected chi connectivity index (χ2v) is 7.07. The monoisotopic (exact) mass is 311 g/mol. The first kappa shape index (κ1) is 16.1. The lowest BCUT2D eigenvalue weighted by atomic mass is 10.2. The molecule has 2 rings (SSSR count). The van der Waals surface area contributed by atoms with Crippen LogP contribution in [0.5, 0.6) is 0 Å². The highest BCUT2D eigenvalue weighted by Crippen LogP contribution is 2.22. The Morgan fingerprint density at radius 2 is 2.38 bits per heavy atom. The summed E-state index contributed by atoms with van der Waals surface area (Å²) in [5.74, 6) is 1.88. The van der Waals surface area contributed by atoms with Crippen molar-refractivity contribution in [3.63, 3.8) is 0 Å². The summed E-state index contributed by atoms with van der Waals surface area (Å²) < 4.78 is 1.84. The summed E-state index contributed by atoms with van der Waals surface area (Å²) in [6.45, 7) is 5.81. The quantitative estimate of drug-likeness (QED) is 0.926. The summed E-state index contributed by atoms with van der Waals surface area (Å²) in [7, 11) is 1.89. The second kappa shape index (κ2) is 7.68. The summed E-state index contributed by atoms with van der Waals surface area (Å²) in [6.07, 6.45) is 5.16. The van der Waals surface area contributed by atoms with E-state index in [0.717, 1.165) is 31.1 Å². The molecule has 0 radical (unpaired) electrons. The summed E-state index contributed by atoms with van der Waals surface area (Å²) in [4.78, 5) is 14.4. The van der Waals surface area contributed by atoms with Crippen LogP contribution in [-0.4, -0.2) is 49.8 Å². The normalized spacial score (nSPS) is 20.9. The van der Waals surface area contributed by atoms with Crippen molar-refractivity contribution in [2.45, 2.75) is 44.4 Å². The van der Waals surface area contributed by atoms with E-state index in [0.29, 0.717) is 5.25 Å². The number of hydrogen-bond acceptors (Lipinski definition) is 4. The predicted octanol–water partition coefficient (Wildman–Crippen LogP) is 2.19. The summed E-state index contributed by atoms with van der Waals surface area (Å²) in [5, 5.41) is 11.5. The predicted molar refractivity (Wildman–Crippen MR) is 85.3 cm³/mol. The summed E-state index contributed by atoms with van der Waals surface area (Å²) >= 11 is 1.96. The van der Waals surface area contributed by atoms with Gasteiger partial charge in [0, 0.05) is 25.4 Å². The number of likely N-dealkylation sites (tertiary alicyclic amines) is 1. The topological polar surface area (TPSA) is 63.1 Å². The van der Waals surface area contributed by atoms with Crippen molar-refractivity contribution in [3.8, 4) is 0 Å². The molecular weight excluding hydrogens is 286 g/mol. The minimum atomic E-state index is -0.134. The third kappa shape index (κ3) is 4.36. The van der Waals surface area contributed by atoms with E-state index in [9.17, 15) is 4.79 Å². The number of rotatable bonds is 4. The summed E-state index contributed by atoms with van der Waals surface area (Å²) in [5.41, 5.74) is 0. The van der Waals surface area contributed by atoms with Crippen LogP contribution in [0.15, 0.2) is 6.33 Å². The molecule has 1 aromatic rings. The van der Waals surface area contributed by atoms with Gasteiger partial charge >= 0.3 is 6.03 Å². The van der Waals surface area contributed by atoms with Gasteiger partial charge in [0.1, 0.15) is 6.33 Å². The lowest BCUT2D eigenvalue weighted by Crippen LogP contribution is -2.43.